The molecule has 1 amide bonds. The van der Waals surface area contributed by atoms with Gasteiger partial charge in [0.15, 0.2) is 17.1 Å². The highest BCUT2D eigenvalue weighted by Crippen LogP contribution is 2.30. The number of para-hydroxylation sites is 2. The molecule has 1 aliphatic rings. The van der Waals surface area contributed by atoms with Crippen LogP contribution in [0.3, 0.4) is 0 Å². The first-order valence-electron chi connectivity index (χ1n) is 10.7. The Kier molecular flexibility index (Phi) is 5.52. The highest BCUT2D eigenvalue weighted by atomic mass is 16.6. The minimum Gasteiger partial charge on any atom is -0.485 e. The molecule has 33 heavy (non-hydrogen) atoms. The van der Waals surface area contributed by atoms with E-state index in [0.717, 1.165) is 11.1 Å². The van der Waals surface area contributed by atoms with E-state index >= 15 is 0 Å². The molecule has 2 aromatic carbocycles. The van der Waals surface area contributed by atoms with Crippen LogP contribution >= 0.6 is 0 Å². The van der Waals surface area contributed by atoms with E-state index in [9.17, 15) is 9.59 Å². The van der Waals surface area contributed by atoms with Gasteiger partial charge < -0.3 is 14.8 Å². The Morgan fingerprint density at radius 1 is 1.15 bits per heavy atom. The molecule has 9 heteroatoms. The number of carbonyl (C=O) groups excluding carboxylic acids is 1. The van der Waals surface area contributed by atoms with Gasteiger partial charge in [0.2, 0.25) is 6.10 Å². The van der Waals surface area contributed by atoms with Crippen LogP contribution in [-0.4, -0.2) is 44.5 Å². The Bertz CT molecular complexity index is 1380. The molecule has 0 fully saturated rings. The molecular weight excluding hydrogens is 422 g/mol. The third-order valence-electron chi connectivity index (χ3n) is 5.65. The first-order chi connectivity index (χ1) is 16.1. The molecule has 1 aliphatic heterocycles. The smallest absolute Gasteiger partial charge is 0.264 e. The van der Waals surface area contributed by atoms with Crippen molar-refractivity contribution < 1.29 is 14.3 Å². The number of nitrogens with zero attached hydrogens (tertiary/aromatic N) is 4. The fraction of sp³-hybridized carbons (Fsp3) is 0.250. The molecule has 0 bridgehead atoms. The van der Waals surface area contributed by atoms with Gasteiger partial charge in [0.25, 0.3) is 11.5 Å². The zero-order chi connectivity index (χ0) is 22.8. The molecule has 0 saturated carbocycles. The van der Waals surface area contributed by atoms with Crippen LogP contribution in [0.1, 0.15) is 11.1 Å². The SMILES string of the molecule is Cc1ccccc1Cn1cnc2c(cnn2CCNC(=O)C2COc3ccccc3O2)c1=O. The van der Waals surface area contributed by atoms with Crippen LogP contribution in [0.25, 0.3) is 11.0 Å². The van der Waals surface area contributed by atoms with Gasteiger partial charge in [-0.05, 0) is 30.2 Å². The van der Waals surface area contributed by atoms with Crippen molar-refractivity contribution in [2.75, 3.05) is 13.2 Å². The van der Waals surface area contributed by atoms with Crippen molar-refractivity contribution in [1.29, 1.82) is 0 Å². The molecule has 2 aromatic heterocycles. The van der Waals surface area contributed by atoms with E-state index in [1.165, 1.54) is 6.20 Å². The van der Waals surface area contributed by atoms with Crippen LogP contribution < -0.4 is 20.3 Å². The summed E-state index contributed by atoms with van der Waals surface area (Å²) in [6, 6.07) is 15.2. The van der Waals surface area contributed by atoms with Crippen LogP contribution in [0.5, 0.6) is 11.5 Å². The third kappa shape index (κ3) is 4.17. The van der Waals surface area contributed by atoms with Crippen LogP contribution in [0.2, 0.25) is 0 Å². The molecule has 9 nitrogen and oxygen atoms in total. The minimum atomic E-state index is -0.721. The Balaban J connectivity index is 1.23. The maximum atomic E-state index is 12.9. The number of aromatic nitrogens is 4. The summed E-state index contributed by atoms with van der Waals surface area (Å²) in [6.45, 7) is 3.29. The van der Waals surface area contributed by atoms with E-state index < -0.39 is 6.10 Å². The summed E-state index contributed by atoms with van der Waals surface area (Å²) < 4.78 is 14.5. The van der Waals surface area contributed by atoms with Gasteiger partial charge in [-0.3, -0.25) is 14.2 Å². The molecule has 0 saturated heterocycles. The second-order valence-electron chi connectivity index (χ2n) is 7.86. The maximum Gasteiger partial charge on any atom is 0.264 e. The lowest BCUT2D eigenvalue weighted by atomic mass is 10.1. The monoisotopic (exact) mass is 445 g/mol. The third-order valence-corrected chi connectivity index (χ3v) is 5.65. The number of benzene rings is 2. The number of fused-ring (bicyclic) bond motifs is 2. The molecule has 168 valence electrons. The standard InChI is InChI=1S/C24H23N5O4/c1-16-6-2-3-7-17(16)13-28-15-26-22-18(24(28)31)12-27-29(22)11-10-25-23(30)21-14-32-19-8-4-5-9-20(19)33-21/h2-9,12,15,21H,10-11,13-14H2,1H3,(H,25,30). The van der Waals surface area contributed by atoms with E-state index in [4.69, 9.17) is 9.47 Å². The molecule has 1 atom stereocenters. The van der Waals surface area contributed by atoms with Gasteiger partial charge in [0.1, 0.15) is 18.3 Å². The van der Waals surface area contributed by atoms with Crippen molar-refractivity contribution in [1.82, 2.24) is 24.6 Å². The van der Waals surface area contributed by atoms with E-state index in [0.29, 0.717) is 42.2 Å². The van der Waals surface area contributed by atoms with Gasteiger partial charge in [-0.25, -0.2) is 9.67 Å². The largest absolute Gasteiger partial charge is 0.485 e. The van der Waals surface area contributed by atoms with Crippen molar-refractivity contribution in [3.8, 4) is 11.5 Å². The summed E-state index contributed by atoms with van der Waals surface area (Å²) in [4.78, 5) is 29.8. The Hall–Kier alpha value is -4.14. The number of nitrogens with one attached hydrogen (secondary N) is 1. The summed E-state index contributed by atoms with van der Waals surface area (Å²) >= 11 is 0. The van der Waals surface area contributed by atoms with Gasteiger partial charge in [-0.2, -0.15) is 5.10 Å². The number of hydrogen-bond acceptors (Lipinski definition) is 6. The topological polar surface area (TPSA) is 100 Å². The van der Waals surface area contributed by atoms with Crippen molar-refractivity contribution in [2.24, 2.45) is 0 Å². The lowest BCUT2D eigenvalue weighted by molar-refractivity contribution is -0.130. The minimum absolute atomic E-state index is 0.148. The molecular formula is C24H23N5O4. The fourth-order valence-corrected chi connectivity index (χ4v) is 3.79. The Labute approximate surface area is 189 Å². The molecule has 1 N–H and O–H groups in total. The van der Waals surface area contributed by atoms with Crippen molar-refractivity contribution in [3.63, 3.8) is 0 Å². The van der Waals surface area contributed by atoms with E-state index in [1.807, 2.05) is 43.3 Å². The first-order valence-corrected chi connectivity index (χ1v) is 10.7. The number of amides is 1. The average Bonchev–Trinajstić information content (AvgIpc) is 3.25. The van der Waals surface area contributed by atoms with Crippen LogP contribution in [0, 0.1) is 6.92 Å². The summed E-state index contributed by atoms with van der Waals surface area (Å²) in [5, 5.41) is 7.57. The second kappa shape index (κ2) is 8.78. The normalized spacial score (nSPS) is 14.9. The van der Waals surface area contributed by atoms with Gasteiger partial charge in [0, 0.05) is 6.54 Å². The number of hydrogen-bond donors (Lipinski definition) is 1. The van der Waals surface area contributed by atoms with Gasteiger partial charge in [-0.15, -0.1) is 0 Å². The van der Waals surface area contributed by atoms with Gasteiger partial charge in [0.05, 0.1) is 19.3 Å². The fourth-order valence-electron chi connectivity index (χ4n) is 3.79. The van der Waals surface area contributed by atoms with Crippen molar-refractivity contribution in [3.05, 3.63) is 82.5 Å². The number of carbonyl (C=O) groups is 1. The molecule has 0 aliphatic carbocycles. The summed E-state index contributed by atoms with van der Waals surface area (Å²) in [5.74, 6) is 0.909. The molecule has 1 unspecified atom stereocenters. The summed E-state index contributed by atoms with van der Waals surface area (Å²) in [7, 11) is 0. The highest BCUT2D eigenvalue weighted by Gasteiger charge is 2.27. The molecule has 4 aromatic rings. The molecule has 0 radical (unpaired) electrons. The number of aryl methyl sites for hydroxylation is 1. The maximum absolute atomic E-state index is 12.9. The Morgan fingerprint density at radius 3 is 2.79 bits per heavy atom. The lowest BCUT2D eigenvalue weighted by Gasteiger charge is -2.25. The molecule has 3 heterocycles. The predicted molar refractivity (Wildman–Crippen MR) is 121 cm³/mol. The summed E-state index contributed by atoms with van der Waals surface area (Å²) in [6.07, 6.45) is 2.34. The lowest BCUT2D eigenvalue weighted by Crippen LogP contribution is -2.44. The van der Waals surface area contributed by atoms with Crippen LogP contribution in [-0.2, 0) is 17.9 Å². The van der Waals surface area contributed by atoms with E-state index in [-0.39, 0.29) is 18.1 Å². The zero-order valence-corrected chi connectivity index (χ0v) is 18.1. The first kappa shape index (κ1) is 20.7. The van der Waals surface area contributed by atoms with Gasteiger partial charge >= 0.3 is 0 Å². The van der Waals surface area contributed by atoms with Crippen LogP contribution in [0.4, 0.5) is 0 Å². The van der Waals surface area contributed by atoms with Gasteiger partial charge in [-0.1, -0.05) is 36.4 Å². The zero-order valence-electron chi connectivity index (χ0n) is 18.1. The molecule has 5 rings (SSSR count). The number of ether oxygens (including phenoxy) is 2. The average molecular weight is 445 g/mol. The van der Waals surface area contributed by atoms with Crippen molar-refractivity contribution >= 4 is 16.9 Å². The number of rotatable bonds is 6. The van der Waals surface area contributed by atoms with Crippen molar-refractivity contribution in [2.45, 2.75) is 26.1 Å². The summed E-state index contributed by atoms with van der Waals surface area (Å²) in [5.41, 5.74) is 2.52. The Morgan fingerprint density at radius 2 is 1.94 bits per heavy atom. The predicted octanol–water partition coefficient (Wildman–Crippen LogP) is 1.91. The van der Waals surface area contributed by atoms with E-state index in [2.05, 4.69) is 15.4 Å². The quantitative estimate of drug-likeness (QED) is 0.487. The second-order valence-corrected chi connectivity index (χ2v) is 7.86. The van der Waals surface area contributed by atoms with Crippen LogP contribution in [0.15, 0.2) is 65.8 Å². The van der Waals surface area contributed by atoms with E-state index in [1.54, 1.807) is 27.7 Å². The highest BCUT2D eigenvalue weighted by molar-refractivity contribution is 5.81. The molecule has 0 spiro atoms.